The van der Waals surface area contributed by atoms with Crippen LogP contribution in [0.3, 0.4) is 0 Å². The van der Waals surface area contributed by atoms with Gasteiger partial charge < -0.3 is 14.5 Å². The van der Waals surface area contributed by atoms with Gasteiger partial charge in [0, 0.05) is 22.2 Å². The fourth-order valence-electron chi connectivity index (χ4n) is 3.55. The number of nitrogens with one attached hydrogen (secondary N) is 1. The molecule has 0 radical (unpaired) electrons. The molecule has 0 saturated carbocycles. The molecule has 0 bridgehead atoms. The first-order chi connectivity index (χ1) is 15.1. The van der Waals surface area contributed by atoms with E-state index in [1.165, 1.54) is 10.3 Å². The lowest BCUT2D eigenvalue weighted by molar-refractivity contribution is -0.115. The molecule has 1 amide bonds. The van der Waals surface area contributed by atoms with E-state index in [0.717, 1.165) is 44.1 Å². The van der Waals surface area contributed by atoms with Crippen molar-refractivity contribution in [1.29, 1.82) is 0 Å². The Bertz CT molecular complexity index is 1400. The molecule has 1 N–H and O–H groups in total. The summed E-state index contributed by atoms with van der Waals surface area (Å²) < 4.78 is 12.0. The molecule has 31 heavy (non-hydrogen) atoms. The van der Waals surface area contributed by atoms with Crippen LogP contribution in [-0.2, 0) is 11.2 Å². The Morgan fingerprint density at radius 3 is 2.74 bits per heavy atom. The van der Waals surface area contributed by atoms with E-state index in [-0.39, 0.29) is 12.3 Å². The van der Waals surface area contributed by atoms with Crippen LogP contribution in [-0.4, -0.2) is 18.0 Å². The monoisotopic (exact) mass is 428 g/mol. The van der Waals surface area contributed by atoms with Gasteiger partial charge in [-0.25, -0.2) is 4.98 Å². The van der Waals surface area contributed by atoms with Gasteiger partial charge in [-0.2, -0.15) is 0 Å². The Labute approximate surface area is 183 Å². The molecule has 2 aromatic heterocycles. The van der Waals surface area contributed by atoms with Crippen molar-refractivity contribution < 1.29 is 13.9 Å². The number of aryl methyl sites for hydroxylation is 1. The average Bonchev–Trinajstić information content (AvgIpc) is 3.37. The fourth-order valence-corrected chi connectivity index (χ4v) is 4.62. The van der Waals surface area contributed by atoms with Gasteiger partial charge in [0.1, 0.15) is 16.3 Å². The van der Waals surface area contributed by atoms with Gasteiger partial charge in [0.2, 0.25) is 5.91 Å². The number of hydrogen-bond donors (Lipinski definition) is 1. The Hall–Kier alpha value is -3.64. The molecular formula is C25H20N2O3S. The smallest absolute Gasteiger partial charge is 0.228 e. The number of furan rings is 1. The number of methoxy groups -OCH3 is 1. The lowest BCUT2D eigenvalue weighted by Crippen LogP contribution is -2.14. The second-order valence-corrected chi connectivity index (χ2v) is 8.45. The fraction of sp³-hybridized carbons (Fsp3) is 0.120. The normalized spacial score (nSPS) is 11.2. The largest absolute Gasteiger partial charge is 0.497 e. The van der Waals surface area contributed by atoms with Crippen molar-refractivity contribution in [2.45, 2.75) is 13.3 Å². The van der Waals surface area contributed by atoms with Gasteiger partial charge in [0.15, 0.2) is 0 Å². The van der Waals surface area contributed by atoms with Crippen LogP contribution in [0.1, 0.15) is 11.1 Å². The lowest BCUT2D eigenvalue weighted by Gasteiger charge is -2.06. The van der Waals surface area contributed by atoms with Crippen LogP contribution in [0.15, 0.2) is 71.3 Å². The average molecular weight is 429 g/mol. The molecule has 0 fully saturated rings. The first-order valence-electron chi connectivity index (χ1n) is 9.91. The second-order valence-electron chi connectivity index (χ2n) is 7.42. The summed E-state index contributed by atoms with van der Waals surface area (Å²) in [6, 6.07) is 19.6. The minimum absolute atomic E-state index is 0.103. The molecule has 0 aliphatic heterocycles. The lowest BCUT2D eigenvalue weighted by atomic mass is 10.1. The molecule has 5 nitrogen and oxygen atoms in total. The van der Waals surface area contributed by atoms with Gasteiger partial charge in [0.25, 0.3) is 0 Å². The van der Waals surface area contributed by atoms with E-state index < -0.39 is 0 Å². The van der Waals surface area contributed by atoms with Gasteiger partial charge in [-0.15, -0.1) is 11.3 Å². The minimum Gasteiger partial charge on any atom is -0.497 e. The third kappa shape index (κ3) is 3.90. The van der Waals surface area contributed by atoms with E-state index in [1.807, 2.05) is 42.5 Å². The van der Waals surface area contributed by atoms with Crippen molar-refractivity contribution in [2.75, 3.05) is 12.4 Å². The van der Waals surface area contributed by atoms with Crippen LogP contribution in [0.4, 0.5) is 5.69 Å². The van der Waals surface area contributed by atoms with Crippen molar-refractivity contribution in [3.05, 3.63) is 78.1 Å². The molecule has 154 valence electrons. The number of ether oxygens (including phenoxy) is 1. The summed E-state index contributed by atoms with van der Waals surface area (Å²) in [5.74, 6) is 0.630. The molecule has 5 aromatic rings. The number of rotatable bonds is 5. The molecule has 0 unspecified atom stereocenters. The molecule has 0 aliphatic carbocycles. The van der Waals surface area contributed by atoms with E-state index in [1.54, 1.807) is 24.7 Å². The SMILES string of the molecule is COc1ccc2occ(CC(=O)Nc3ccc(-c4nc5ccc(C)cc5s4)cc3)c2c1. The Kier molecular flexibility index (Phi) is 4.92. The van der Waals surface area contributed by atoms with E-state index in [9.17, 15) is 4.79 Å². The molecule has 0 spiro atoms. The summed E-state index contributed by atoms with van der Waals surface area (Å²) in [4.78, 5) is 17.3. The standard InChI is InChI=1S/C25H20N2O3S/c1-15-3-9-21-23(11-15)31-25(27-21)16-4-6-18(7-5-16)26-24(28)12-17-14-30-22-10-8-19(29-2)13-20(17)22/h3-11,13-14H,12H2,1-2H3,(H,26,28). The highest BCUT2D eigenvalue weighted by Crippen LogP contribution is 2.31. The van der Waals surface area contributed by atoms with Crippen LogP contribution in [0.25, 0.3) is 31.8 Å². The predicted octanol–water partition coefficient (Wildman–Crippen LogP) is 6.21. The molecule has 6 heteroatoms. The van der Waals surface area contributed by atoms with Crippen LogP contribution < -0.4 is 10.1 Å². The zero-order valence-corrected chi connectivity index (χ0v) is 18.0. The van der Waals surface area contributed by atoms with Crippen LogP contribution in [0.5, 0.6) is 5.75 Å². The number of thiazole rings is 1. The maximum absolute atomic E-state index is 12.6. The second kappa shape index (κ2) is 7.89. The summed E-state index contributed by atoms with van der Waals surface area (Å²) in [6.07, 6.45) is 1.85. The van der Waals surface area contributed by atoms with Crippen LogP contribution in [0.2, 0.25) is 0 Å². The molecule has 3 aromatic carbocycles. The van der Waals surface area contributed by atoms with Gasteiger partial charge in [-0.3, -0.25) is 4.79 Å². The van der Waals surface area contributed by atoms with Crippen molar-refractivity contribution in [3.8, 4) is 16.3 Å². The zero-order chi connectivity index (χ0) is 21.4. The maximum atomic E-state index is 12.6. The van der Waals surface area contributed by atoms with Crippen molar-refractivity contribution in [1.82, 2.24) is 4.98 Å². The highest BCUT2D eigenvalue weighted by atomic mass is 32.1. The van der Waals surface area contributed by atoms with Gasteiger partial charge >= 0.3 is 0 Å². The van der Waals surface area contributed by atoms with Crippen molar-refractivity contribution in [3.63, 3.8) is 0 Å². The number of anilines is 1. The number of amides is 1. The highest BCUT2D eigenvalue weighted by Gasteiger charge is 2.12. The number of carbonyl (C=O) groups excluding carboxylic acids is 1. The van der Waals surface area contributed by atoms with Gasteiger partial charge in [-0.1, -0.05) is 6.07 Å². The van der Waals surface area contributed by atoms with E-state index in [0.29, 0.717) is 0 Å². The first kappa shape index (κ1) is 19.3. The van der Waals surface area contributed by atoms with Crippen LogP contribution in [0, 0.1) is 6.92 Å². The Balaban J connectivity index is 1.30. The Morgan fingerprint density at radius 2 is 1.94 bits per heavy atom. The third-order valence-electron chi connectivity index (χ3n) is 5.17. The molecule has 0 aliphatic rings. The number of fused-ring (bicyclic) bond motifs is 2. The maximum Gasteiger partial charge on any atom is 0.228 e. The quantitative estimate of drug-likeness (QED) is 0.362. The predicted molar refractivity (Wildman–Crippen MR) is 125 cm³/mol. The number of hydrogen-bond acceptors (Lipinski definition) is 5. The van der Waals surface area contributed by atoms with E-state index in [2.05, 4.69) is 30.4 Å². The summed E-state index contributed by atoms with van der Waals surface area (Å²) in [6.45, 7) is 2.08. The number of nitrogens with zero attached hydrogens (tertiary/aromatic N) is 1. The molecular weight excluding hydrogens is 408 g/mol. The summed E-state index contributed by atoms with van der Waals surface area (Å²) >= 11 is 1.67. The highest BCUT2D eigenvalue weighted by molar-refractivity contribution is 7.21. The molecule has 0 atom stereocenters. The number of carbonyl (C=O) groups is 1. The van der Waals surface area contributed by atoms with Crippen LogP contribution >= 0.6 is 11.3 Å². The minimum atomic E-state index is -0.103. The van der Waals surface area contributed by atoms with E-state index >= 15 is 0 Å². The first-order valence-corrected chi connectivity index (χ1v) is 10.7. The zero-order valence-electron chi connectivity index (χ0n) is 17.1. The number of aromatic nitrogens is 1. The molecule has 0 saturated heterocycles. The summed E-state index contributed by atoms with van der Waals surface area (Å²) in [5.41, 5.74) is 5.57. The molecule has 2 heterocycles. The van der Waals surface area contributed by atoms with Gasteiger partial charge in [-0.05, 0) is 67.1 Å². The Morgan fingerprint density at radius 1 is 1.10 bits per heavy atom. The van der Waals surface area contributed by atoms with Gasteiger partial charge in [0.05, 0.1) is 30.0 Å². The molecule has 5 rings (SSSR count). The van der Waals surface area contributed by atoms with Crippen molar-refractivity contribution >= 4 is 44.1 Å². The third-order valence-corrected chi connectivity index (χ3v) is 6.24. The summed E-state index contributed by atoms with van der Waals surface area (Å²) in [7, 11) is 1.62. The summed E-state index contributed by atoms with van der Waals surface area (Å²) in [5, 5.41) is 4.81. The van der Waals surface area contributed by atoms with Crippen molar-refractivity contribution in [2.24, 2.45) is 0 Å². The topological polar surface area (TPSA) is 64.4 Å². The van der Waals surface area contributed by atoms with E-state index in [4.69, 9.17) is 14.1 Å². The number of benzene rings is 3.